The molecule has 1 fully saturated rings. The van der Waals surface area contributed by atoms with Gasteiger partial charge in [0.05, 0.1) is 0 Å². The number of H-pyrrole nitrogens is 1. The number of hydrogen-bond donors (Lipinski definition) is 3. The van der Waals surface area contributed by atoms with Crippen LogP contribution in [0.2, 0.25) is 0 Å². The quantitative estimate of drug-likeness (QED) is 0.793. The Balaban J connectivity index is 1.59. The van der Waals surface area contributed by atoms with Crippen LogP contribution in [0.3, 0.4) is 0 Å². The molecule has 5 heteroatoms. The van der Waals surface area contributed by atoms with Crippen LogP contribution in [0.1, 0.15) is 53.7 Å². The second-order valence-corrected chi connectivity index (χ2v) is 6.86. The Morgan fingerprint density at radius 1 is 1.12 bits per heavy atom. The minimum atomic E-state index is -0.421. The number of carbonyl (C=O) groups is 2. The van der Waals surface area contributed by atoms with Gasteiger partial charge in [-0.1, -0.05) is 0 Å². The lowest BCUT2D eigenvalue weighted by atomic mass is 9.95. The number of aromatic nitrogens is 1. The summed E-state index contributed by atoms with van der Waals surface area (Å²) in [5, 5.41) is 6.92. The summed E-state index contributed by atoms with van der Waals surface area (Å²) in [6, 6.07) is 5.37. The van der Waals surface area contributed by atoms with Crippen molar-refractivity contribution in [3.8, 4) is 0 Å². The molecule has 126 valence electrons. The molecule has 0 spiro atoms. The van der Waals surface area contributed by atoms with E-state index in [-0.39, 0.29) is 11.8 Å². The summed E-state index contributed by atoms with van der Waals surface area (Å²) in [5.41, 5.74) is 4.41. The normalized spacial score (nSPS) is 21.0. The van der Waals surface area contributed by atoms with Crippen LogP contribution >= 0.6 is 0 Å². The first-order valence-electron chi connectivity index (χ1n) is 8.94. The number of hydrogen-bond acceptors (Lipinski definition) is 2. The van der Waals surface area contributed by atoms with E-state index in [1.807, 2.05) is 18.2 Å². The van der Waals surface area contributed by atoms with Gasteiger partial charge in [0.1, 0.15) is 6.04 Å². The number of benzene rings is 1. The monoisotopic (exact) mass is 325 g/mol. The van der Waals surface area contributed by atoms with Gasteiger partial charge in [-0.15, -0.1) is 0 Å². The maximum Gasteiger partial charge on any atom is 0.251 e. The summed E-state index contributed by atoms with van der Waals surface area (Å²) in [5.74, 6) is -0.231. The molecular formula is C19H23N3O2. The minimum absolute atomic E-state index is 0.0686. The summed E-state index contributed by atoms with van der Waals surface area (Å²) < 4.78 is 0. The van der Waals surface area contributed by atoms with Crippen molar-refractivity contribution in [2.24, 2.45) is 0 Å². The maximum absolute atomic E-state index is 12.6. The van der Waals surface area contributed by atoms with E-state index in [4.69, 9.17) is 0 Å². The second-order valence-electron chi connectivity index (χ2n) is 6.86. The van der Waals surface area contributed by atoms with E-state index in [0.717, 1.165) is 36.6 Å². The fourth-order valence-corrected chi connectivity index (χ4v) is 3.87. The lowest BCUT2D eigenvalue weighted by Gasteiger charge is -2.15. The van der Waals surface area contributed by atoms with Gasteiger partial charge in [0, 0.05) is 28.7 Å². The third-order valence-corrected chi connectivity index (χ3v) is 5.20. The number of rotatable bonds is 2. The molecular weight excluding hydrogens is 302 g/mol. The van der Waals surface area contributed by atoms with Gasteiger partial charge in [-0.25, -0.2) is 0 Å². The lowest BCUT2D eigenvalue weighted by Crippen LogP contribution is -2.45. The van der Waals surface area contributed by atoms with Crippen molar-refractivity contribution >= 4 is 22.7 Å². The largest absolute Gasteiger partial charge is 0.358 e. The molecule has 0 radical (unpaired) electrons. The number of amides is 2. The fourth-order valence-electron chi connectivity index (χ4n) is 3.87. The number of aryl methyl sites for hydroxylation is 2. The van der Waals surface area contributed by atoms with E-state index in [1.54, 1.807) is 0 Å². The van der Waals surface area contributed by atoms with Crippen LogP contribution in [0.5, 0.6) is 0 Å². The predicted molar refractivity (Wildman–Crippen MR) is 93.1 cm³/mol. The molecule has 4 rings (SSSR count). The molecule has 2 aliphatic rings. The average molecular weight is 325 g/mol. The molecule has 24 heavy (non-hydrogen) atoms. The highest BCUT2D eigenvalue weighted by Crippen LogP contribution is 2.29. The van der Waals surface area contributed by atoms with Crippen molar-refractivity contribution in [2.45, 2.75) is 51.0 Å². The first-order valence-corrected chi connectivity index (χ1v) is 8.94. The molecule has 2 heterocycles. The van der Waals surface area contributed by atoms with E-state index in [0.29, 0.717) is 18.5 Å². The minimum Gasteiger partial charge on any atom is -0.358 e. The van der Waals surface area contributed by atoms with Crippen LogP contribution in [0.25, 0.3) is 10.9 Å². The number of carbonyl (C=O) groups excluding carboxylic acids is 2. The van der Waals surface area contributed by atoms with Gasteiger partial charge >= 0.3 is 0 Å². The van der Waals surface area contributed by atoms with Gasteiger partial charge in [0.2, 0.25) is 5.91 Å². The van der Waals surface area contributed by atoms with Crippen LogP contribution in [0, 0.1) is 0 Å². The summed E-state index contributed by atoms with van der Waals surface area (Å²) in [7, 11) is 0. The summed E-state index contributed by atoms with van der Waals surface area (Å²) in [6.45, 7) is 0.701. The van der Waals surface area contributed by atoms with Crippen molar-refractivity contribution in [2.75, 3.05) is 6.54 Å². The molecule has 1 aromatic carbocycles. The maximum atomic E-state index is 12.6. The Morgan fingerprint density at radius 2 is 2.00 bits per heavy atom. The number of fused-ring (bicyclic) bond motifs is 3. The van der Waals surface area contributed by atoms with Crippen molar-refractivity contribution in [1.29, 1.82) is 0 Å². The topological polar surface area (TPSA) is 74.0 Å². The van der Waals surface area contributed by atoms with Crippen molar-refractivity contribution in [1.82, 2.24) is 15.6 Å². The summed E-state index contributed by atoms with van der Waals surface area (Å²) in [6.07, 6.45) is 7.23. The number of aromatic amines is 1. The first-order chi connectivity index (χ1) is 11.7. The Hall–Kier alpha value is -2.30. The zero-order valence-electron chi connectivity index (χ0n) is 13.8. The van der Waals surface area contributed by atoms with Gasteiger partial charge in [-0.05, 0) is 68.7 Å². The predicted octanol–water partition coefficient (Wildman–Crippen LogP) is 2.45. The van der Waals surface area contributed by atoms with Crippen molar-refractivity contribution in [3.63, 3.8) is 0 Å². The highest BCUT2D eigenvalue weighted by atomic mass is 16.2. The Morgan fingerprint density at radius 3 is 2.92 bits per heavy atom. The molecule has 1 aliphatic heterocycles. The highest BCUT2D eigenvalue weighted by molar-refractivity contribution is 6.01. The molecule has 0 bridgehead atoms. The van der Waals surface area contributed by atoms with Gasteiger partial charge in [0.15, 0.2) is 0 Å². The zero-order chi connectivity index (χ0) is 16.5. The van der Waals surface area contributed by atoms with Crippen LogP contribution in [-0.2, 0) is 17.6 Å². The van der Waals surface area contributed by atoms with Crippen molar-refractivity contribution < 1.29 is 9.59 Å². The third-order valence-electron chi connectivity index (χ3n) is 5.20. The van der Waals surface area contributed by atoms with Crippen LogP contribution < -0.4 is 10.6 Å². The first kappa shape index (κ1) is 15.2. The fraction of sp³-hybridized carbons (Fsp3) is 0.474. The Bertz CT molecular complexity index is 793. The smallest absolute Gasteiger partial charge is 0.251 e. The van der Waals surface area contributed by atoms with Crippen LogP contribution in [-0.4, -0.2) is 29.4 Å². The van der Waals surface area contributed by atoms with E-state index >= 15 is 0 Å². The SMILES string of the molecule is O=C(N[C@H]1CCCCNC1=O)c1ccc2[nH]c3c(c2c1)CCCC3. The molecule has 1 atom stereocenters. The van der Waals surface area contributed by atoms with E-state index in [2.05, 4.69) is 15.6 Å². The molecule has 2 amide bonds. The van der Waals surface area contributed by atoms with E-state index in [9.17, 15) is 9.59 Å². The molecule has 3 N–H and O–H groups in total. The standard InChI is InChI=1S/C19H23N3O2/c23-18(22-17-7-3-4-10-20-19(17)24)12-8-9-16-14(11-12)13-5-1-2-6-15(13)21-16/h8-9,11,17,21H,1-7,10H2,(H,20,24)(H,22,23)/t17-/m0/s1. The Kier molecular flexibility index (Phi) is 4.00. The average Bonchev–Trinajstić information content (AvgIpc) is 2.85. The zero-order valence-corrected chi connectivity index (χ0v) is 13.8. The molecule has 2 aromatic rings. The molecule has 5 nitrogen and oxygen atoms in total. The highest BCUT2D eigenvalue weighted by Gasteiger charge is 2.23. The van der Waals surface area contributed by atoms with Gasteiger partial charge in [-0.2, -0.15) is 0 Å². The number of nitrogens with one attached hydrogen (secondary N) is 3. The molecule has 0 unspecified atom stereocenters. The summed E-state index contributed by atoms with van der Waals surface area (Å²) >= 11 is 0. The second kappa shape index (κ2) is 6.30. The molecule has 1 aliphatic carbocycles. The van der Waals surface area contributed by atoms with E-state index in [1.165, 1.54) is 24.1 Å². The lowest BCUT2D eigenvalue weighted by molar-refractivity contribution is -0.122. The van der Waals surface area contributed by atoms with Gasteiger partial charge in [0.25, 0.3) is 5.91 Å². The molecule has 1 aromatic heterocycles. The van der Waals surface area contributed by atoms with Crippen LogP contribution in [0.15, 0.2) is 18.2 Å². The third kappa shape index (κ3) is 2.79. The molecule has 1 saturated heterocycles. The Labute approximate surface area is 141 Å². The molecule has 0 saturated carbocycles. The van der Waals surface area contributed by atoms with Gasteiger partial charge in [-0.3, -0.25) is 9.59 Å². The van der Waals surface area contributed by atoms with Crippen molar-refractivity contribution in [3.05, 3.63) is 35.0 Å². The van der Waals surface area contributed by atoms with E-state index < -0.39 is 6.04 Å². The van der Waals surface area contributed by atoms with Crippen LogP contribution in [0.4, 0.5) is 0 Å². The summed E-state index contributed by atoms with van der Waals surface area (Å²) in [4.78, 5) is 28.1. The van der Waals surface area contributed by atoms with Gasteiger partial charge < -0.3 is 15.6 Å².